The van der Waals surface area contributed by atoms with E-state index in [0.29, 0.717) is 25.7 Å². The molecule has 5 nitrogen and oxygen atoms in total. The molecule has 0 atom stereocenters. The fourth-order valence-corrected chi connectivity index (χ4v) is 2.69. The van der Waals surface area contributed by atoms with Gasteiger partial charge in [-0.25, -0.2) is 4.79 Å². The molecule has 0 unspecified atom stereocenters. The SMILES string of the molecule is CC(C)CCNC(=O)NC1(c2ccc3c(c2)OCCO3)CC1. The molecular formula is C17H24N2O3. The van der Waals surface area contributed by atoms with Crippen LogP contribution in [0.3, 0.4) is 0 Å². The smallest absolute Gasteiger partial charge is 0.315 e. The van der Waals surface area contributed by atoms with Crippen molar-refractivity contribution in [2.45, 2.75) is 38.6 Å². The summed E-state index contributed by atoms with van der Waals surface area (Å²) >= 11 is 0. The summed E-state index contributed by atoms with van der Waals surface area (Å²) < 4.78 is 11.2. The van der Waals surface area contributed by atoms with Gasteiger partial charge < -0.3 is 20.1 Å². The van der Waals surface area contributed by atoms with Gasteiger partial charge in [-0.3, -0.25) is 0 Å². The van der Waals surface area contributed by atoms with Gasteiger partial charge in [-0.1, -0.05) is 19.9 Å². The van der Waals surface area contributed by atoms with E-state index in [1.54, 1.807) is 0 Å². The molecule has 1 fully saturated rings. The number of carbonyl (C=O) groups excluding carboxylic acids is 1. The molecule has 2 amide bonds. The van der Waals surface area contributed by atoms with Gasteiger partial charge in [-0.2, -0.15) is 0 Å². The third-order valence-corrected chi connectivity index (χ3v) is 4.20. The maximum Gasteiger partial charge on any atom is 0.315 e. The van der Waals surface area contributed by atoms with E-state index in [0.717, 1.165) is 36.3 Å². The van der Waals surface area contributed by atoms with E-state index in [1.807, 2.05) is 18.2 Å². The Morgan fingerprint density at radius 1 is 1.23 bits per heavy atom. The highest BCUT2D eigenvalue weighted by atomic mass is 16.6. The van der Waals surface area contributed by atoms with Crippen molar-refractivity contribution in [2.24, 2.45) is 5.92 Å². The van der Waals surface area contributed by atoms with Gasteiger partial charge >= 0.3 is 6.03 Å². The van der Waals surface area contributed by atoms with Gasteiger partial charge in [0.25, 0.3) is 0 Å². The third-order valence-electron chi connectivity index (χ3n) is 4.20. The van der Waals surface area contributed by atoms with Crippen molar-refractivity contribution in [1.29, 1.82) is 0 Å². The first-order valence-corrected chi connectivity index (χ1v) is 8.05. The summed E-state index contributed by atoms with van der Waals surface area (Å²) in [6, 6.07) is 5.86. The van der Waals surface area contributed by atoms with Crippen LogP contribution in [-0.4, -0.2) is 25.8 Å². The summed E-state index contributed by atoms with van der Waals surface area (Å²) in [5.74, 6) is 2.15. The van der Waals surface area contributed by atoms with Crippen LogP contribution in [0, 0.1) is 5.92 Å². The zero-order valence-corrected chi connectivity index (χ0v) is 13.3. The predicted octanol–water partition coefficient (Wildman–Crippen LogP) is 2.79. The number of hydrogen-bond acceptors (Lipinski definition) is 3. The lowest BCUT2D eigenvalue weighted by molar-refractivity contribution is 0.171. The number of carbonyl (C=O) groups is 1. The van der Waals surface area contributed by atoms with Gasteiger partial charge in [-0.05, 0) is 42.9 Å². The molecular weight excluding hydrogens is 280 g/mol. The number of ether oxygens (including phenoxy) is 2. The Balaban J connectivity index is 1.62. The quantitative estimate of drug-likeness (QED) is 0.879. The van der Waals surface area contributed by atoms with Gasteiger partial charge in [0.15, 0.2) is 11.5 Å². The van der Waals surface area contributed by atoms with E-state index in [9.17, 15) is 4.79 Å². The number of rotatable bonds is 5. The fraction of sp³-hybridized carbons (Fsp3) is 0.588. The number of nitrogens with one attached hydrogen (secondary N) is 2. The molecule has 0 saturated heterocycles. The molecule has 1 aromatic carbocycles. The third kappa shape index (κ3) is 3.29. The monoisotopic (exact) mass is 304 g/mol. The minimum absolute atomic E-state index is 0.0898. The lowest BCUT2D eigenvalue weighted by atomic mass is 10.0. The maximum absolute atomic E-state index is 12.1. The number of amides is 2. The first kappa shape index (κ1) is 15.0. The van der Waals surface area contributed by atoms with Crippen molar-refractivity contribution in [3.8, 4) is 11.5 Å². The molecule has 2 N–H and O–H groups in total. The number of hydrogen-bond donors (Lipinski definition) is 2. The van der Waals surface area contributed by atoms with Crippen molar-refractivity contribution in [3.05, 3.63) is 23.8 Å². The minimum atomic E-state index is -0.238. The molecule has 1 saturated carbocycles. The van der Waals surface area contributed by atoms with Crippen LogP contribution in [0.5, 0.6) is 11.5 Å². The van der Waals surface area contributed by atoms with Crippen LogP contribution in [-0.2, 0) is 5.54 Å². The van der Waals surface area contributed by atoms with Crippen molar-refractivity contribution in [3.63, 3.8) is 0 Å². The Hall–Kier alpha value is -1.91. The summed E-state index contributed by atoms with van der Waals surface area (Å²) in [4.78, 5) is 12.1. The summed E-state index contributed by atoms with van der Waals surface area (Å²) in [6.07, 6.45) is 2.92. The average Bonchev–Trinajstić information content (AvgIpc) is 3.27. The second-order valence-electron chi connectivity index (χ2n) is 6.50. The molecule has 2 aliphatic rings. The van der Waals surface area contributed by atoms with Gasteiger partial charge in [0, 0.05) is 6.54 Å². The molecule has 0 aromatic heterocycles. The highest BCUT2D eigenvalue weighted by Gasteiger charge is 2.46. The van der Waals surface area contributed by atoms with Gasteiger partial charge in [-0.15, -0.1) is 0 Å². The normalized spacial score (nSPS) is 18.0. The van der Waals surface area contributed by atoms with Crippen LogP contribution in [0.2, 0.25) is 0 Å². The lowest BCUT2D eigenvalue weighted by Crippen LogP contribution is -2.42. The first-order chi connectivity index (χ1) is 10.6. The molecule has 0 spiro atoms. The predicted molar refractivity (Wildman–Crippen MR) is 84.3 cm³/mol. The molecule has 0 radical (unpaired) electrons. The number of urea groups is 1. The Kier molecular flexibility index (Phi) is 4.14. The molecule has 1 heterocycles. The summed E-state index contributed by atoms with van der Waals surface area (Å²) in [7, 11) is 0. The summed E-state index contributed by atoms with van der Waals surface area (Å²) in [5, 5.41) is 6.05. The molecule has 0 bridgehead atoms. The number of fused-ring (bicyclic) bond motifs is 1. The van der Waals surface area contributed by atoms with Crippen molar-refractivity contribution in [2.75, 3.05) is 19.8 Å². The van der Waals surface area contributed by atoms with Gasteiger partial charge in [0.05, 0.1) is 5.54 Å². The van der Waals surface area contributed by atoms with E-state index >= 15 is 0 Å². The molecule has 1 aliphatic heterocycles. The van der Waals surface area contributed by atoms with Crippen molar-refractivity contribution in [1.82, 2.24) is 10.6 Å². The minimum Gasteiger partial charge on any atom is -0.486 e. The van der Waals surface area contributed by atoms with Crippen LogP contribution < -0.4 is 20.1 Å². The zero-order chi connectivity index (χ0) is 15.6. The maximum atomic E-state index is 12.1. The van der Waals surface area contributed by atoms with Crippen LogP contribution in [0.25, 0.3) is 0 Å². The van der Waals surface area contributed by atoms with E-state index in [2.05, 4.69) is 24.5 Å². The first-order valence-electron chi connectivity index (χ1n) is 8.05. The molecule has 1 aromatic rings. The van der Waals surface area contributed by atoms with Crippen molar-refractivity contribution >= 4 is 6.03 Å². The second kappa shape index (κ2) is 6.07. The van der Waals surface area contributed by atoms with E-state index in [1.165, 1.54) is 0 Å². The Morgan fingerprint density at radius 3 is 2.64 bits per heavy atom. The zero-order valence-electron chi connectivity index (χ0n) is 13.3. The van der Waals surface area contributed by atoms with E-state index in [4.69, 9.17) is 9.47 Å². The van der Waals surface area contributed by atoms with Crippen LogP contribution in [0.1, 0.15) is 38.7 Å². The Labute approximate surface area is 131 Å². The second-order valence-corrected chi connectivity index (χ2v) is 6.50. The average molecular weight is 304 g/mol. The Morgan fingerprint density at radius 2 is 1.95 bits per heavy atom. The highest BCUT2D eigenvalue weighted by Crippen LogP contribution is 2.47. The van der Waals surface area contributed by atoms with Crippen molar-refractivity contribution < 1.29 is 14.3 Å². The fourth-order valence-electron chi connectivity index (χ4n) is 2.69. The van der Waals surface area contributed by atoms with E-state index < -0.39 is 0 Å². The standard InChI is InChI=1S/C17H24N2O3/c1-12(2)5-8-18-16(20)19-17(6-7-17)13-3-4-14-15(11-13)22-10-9-21-14/h3-4,11-12H,5-10H2,1-2H3,(H2,18,19,20). The topological polar surface area (TPSA) is 59.6 Å². The summed E-state index contributed by atoms with van der Waals surface area (Å²) in [5.41, 5.74) is 0.855. The lowest BCUT2D eigenvalue weighted by Gasteiger charge is -2.23. The van der Waals surface area contributed by atoms with E-state index in [-0.39, 0.29) is 11.6 Å². The molecule has 120 valence electrons. The van der Waals surface area contributed by atoms with Crippen LogP contribution in [0.4, 0.5) is 4.79 Å². The molecule has 22 heavy (non-hydrogen) atoms. The Bertz CT molecular complexity index is 553. The highest BCUT2D eigenvalue weighted by molar-refractivity contribution is 5.75. The van der Waals surface area contributed by atoms with Gasteiger partial charge in [0.1, 0.15) is 13.2 Å². The summed E-state index contributed by atoms with van der Waals surface area (Å²) in [6.45, 7) is 6.18. The molecule has 3 rings (SSSR count). The van der Waals surface area contributed by atoms with Crippen LogP contribution in [0.15, 0.2) is 18.2 Å². The van der Waals surface area contributed by atoms with Crippen LogP contribution >= 0.6 is 0 Å². The van der Waals surface area contributed by atoms with Gasteiger partial charge in [0.2, 0.25) is 0 Å². The molecule has 1 aliphatic carbocycles. The largest absolute Gasteiger partial charge is 0.486 e. The molecule has 5 heteroatoms. The number of benzene rings is 1.